The second kappa shape index (κ2) is 4.83. The van der Waals surface area contributed by atoms with Crippen molar-refractivity contribution in [1.82, 2.24) is 10.3 Å². The van der Waals surface area contributed by atoms with Crippen molar-refractivity contribution < 1.29 is 4.79 Å². The summed E-state index contributed by atoms with van der Waals surface area (Å²) in [7, 11) is 0. The first-order valence-corrected chi connectivity index (χ1v) is 6.02. The standard InChI is InChI=1S/C9H10ClN3OS/c10-6-1-2-8(11-3-6)13-9(14)7-4-15-5-12-7/h1-3,7,12H,4-5H2,(H,11,13,14). The number of nitrogens with one attached hydrogen (secondary N) is 2. The minimum atomic E-state index is -0.118. The second-order valence-corrected chi connectivity index (χ2v) is 4.59. The first-order valence-electron chi connectivity index (χ1n) is 4.49. The lowest BCUT2D eigenvalue weighted by Gasteiger charge is -2.09. The Morgan fingerprint density at radius 1 is 1.67 bits per heavy atom. The van der Waals surface area contributed by atoms with Crippen LogP contribution in [0, 0.1) is 0 Å². The van der Waals surface area contributed by atoms with Crippen molar-refractivity contribution in [3.8, 4) is 0 Å². The van der Waals surface area contributed by atoms with Gasteiger partial charge in [-0.05, 0) is 12.1 Å². The Morgan fingerprint density at radius 2 is 2.53 bits per heavy atom. The minimum absolute atomic E-state index is 0.0465. The van der Waals surface area contributed by atoms with E-state index in [1.807, 2.05) is 0 Å². The molecule has 1 unspecified atom stereocenters. The normalized spacial score (nSPS) is 20.2. The van der Waals surface area contributed by atoms with Crippen molar-refractivity contribution >= 4 is 35.1 Å². The van der Waals surface area contributed by atoms with Gasteiger partial charge in [0.15, 0.2) is 0 Å². The Morgan fingerprint density at radius 3 is 3.13 bits per heavy atom. The van der Waals surface area contributed by atoms with E-state index >= 15 is 0 Å². The molecule has 1 aliphatic heterocycles. The van der Waals surface area contributed by atoms with Gasteiger partial charge in [-0.1, -0.05) is 11.6 Å². The van der Waals surface area contributed by atoms with Crippen LogP contribution in [-0.4, -0.2) is 28.6 Å². The number of halogens is 1. The maximum atomic E-state index is 11.6. The number of aromatic nitrogens is 1. The molecule has 80 valence electrons. The molecular formula is C9H10ClN3OS. The van der Waals surface area contributed by atoms with Gasteiger partial charge in [0, 0.05) is 17.8 Å². The molecule has 0 aliphatic carbocycles. The van der Waals surface area contributed by atoms with Gasteiger partial charge in [-0.15, -0.1) is 11.8 Å². The fraction of sp³-hybridized carbons (Fsp3) is 0.333. The summed E-state index contributed by atoms with van der Waals surface area (Å²) in [6, 6.07) is 3.26. The van der Waals surface area contributed by atoms with Gasteiger partial charge in [0.05, 0.1) is 11.1 Å². The fourth-order valence-electron chi connectivity index (χ4n) is 1.23. The molecule has 15 heavy (non-hydrogen) atoms. The number of anilines is 1. The molecule has 6 heteroatoms. The lowest BCUT2D eigenvalue weighted by Crippen LogP contribution is -2.37. The first kappa shape index (κ1) is 10.7. The summed E-state index contributed by atoms with van der Waals surface area (Å²) in [6.07, 6.45) is 1.51. The summed E-state index contributed by atoms with van der Waals surface area (Å²) >= 11 is 7.39. The van der Waals surface area contributed by atoms with Crippen LogP contribution in [0.5, 0.6) is 0 Å². The Bertz CT molecular complexity index is 351. The molecule has 0 bridgehead atoms. The smallest absolute Gasteiger partial charge is 0.243 e. The van der Waals surface area contributed by atoms with Crippen molar-refractivity contribution in [2.75, 3.05) is 16.9 Å². The lowest BCUT2D eigenvalue weighted by atomic mass is 10.3. The van der Waals surface area contributed by atoms with Crippen LogP contribution in [-0.2, 0) is 4.79 Å². The first-order chi connectivity index (χ1) is 7.25. The van der Waals surface area contributed by atoms with E-state index in [1.54, 1.807) is 23.9 Å². The number of hydrogen-bond donors (Lipinski definition) is 2. The summed E-state index contributed by atoms with van der Waals surface area (Å²) in [4.78, 5) is 15.6. The van der Waals surface area contributed by atoms with Gasteiger partial charge in [0.2, 0.25) is 5.91 Å². The molecule has 1 fully saturated rings. The zero-order valence-electron chi connectivity index (χ0n) is 7.87. The van der Waals surface area contributed by atoms with Crippen molar-refractivity contribution in [1.29, 1.82) is 0 Å². The molecule has 2 heterocycles. The van der Waals surface area contributed by atoms with E-state index in [0.29, 0.717) is 10.8 Å². The maximum Gasteiger partial charge on any atom is 0.243 e. The Balaban J connectivity index is 1.96. The number of pyridine rings is 1. The molecule has 0 saturated carbocycles. The van der Waals surface area contributed by atoms with Crippen LogP contribution in [0.3, 0.4) is 0 Å². The highest BCUT2D eigenvalue weighted by molar-refractivity contribution is 7.99. The average molecular weight is 244 g/mol. The quantitative estimate of drug-likeness (QED) is 0.823. The van der Waals surface area contributed by atoms with Gasteiger partial charge < -0.3 is 5.32 Å². The predicted octanol–water partition coefficient (Wildman–Crippen LogP) is 1.34. The number of carbonyl (C=O) groups is 1. The molecule has 1 amide bonds. The molecule has 4 nitrogen and oxygen atoms in total. The molecule has 0 radical (unpaired) electrons. The third kappa shape index (κ3) is 2.84. The summed E-state index contributed by atoms with van der Waals surface area (Å²) < 4.78 is 0. The molecule has 2 N–H and O–H groups in total. The number of carbonyl (C=O) groups excluding carboxylic acids is 1. The number of nitrogens with zero attached hydrogens (tertiary/aromatic N) is 1. The minimum Gasteiger partial charge on any atom is -0.309 e. The molecule has 1 aromatic rings. The fourth-order valence-corrected chi connectivity index (χ4v) is 2.28. The Hall–Kier alpha value is -0.780. The van der Waals surface area contributed by atoms with E-state index in [0.717, 1.165) is 11.6 Å². The molecule has 1 aromatic heterocycles. The zero-order chi connectivity index (χ0) is 10.7. The van der Waals surface area contributed by atoms with Gasteiger partial charge in [-0.25, -0.2) is 4.98 Å². The Labute approximate surface area is 96.8 Å². The van der Waals surface area contributed by atoms with E-state index in [4.69, 9.17) is 11.6 Å². The van der Waals surface area contributed by atoms with Gasteiger partial charge in [0.1, 0.15) is 5.82 Å². The van der Waals surface area contributed by atoms with Crippen LogP contribution in [0.4, 0.5) is 5.82 Å². The summed E-state index contributed by atoms with van der Waals surface area (Å²) in [5.74, 6) is 2.11. The second-order valence-electron chi connectivity index (χ2n) is 3.12. The highest BCUT2D eigenvalue weighted by Crippen LogP contribution is 2.13. The van der Waals surface area contributed by atoms with Gasteiger partial charge in [-0.2, -0.15) is 0 Å². The van der Waals surface area contributed by atoms with Crippen LogP contribution in [0.25, 0.3) is 0 Å². The van der Waals surface area contributed by atoms with E-state index in [9.17, 15) is 4.79 Å². The summed E-state index contributed by atoms with van der Waals surface area (Å²) in [6.45, 7) is 0. The third-order valence-corrected chi connectivity index (χ3v) is 3.17. The number of hydrogen-bond acceptors (Lipinski definition) is 4. The number of thioether (sulfide) groups is 1. The van der Waals surface area contributed by atoms with Crippen molar-refractivity contribution in [2.45, 2.75) is 6.04 Å². The molecule has 0 aromatic carbocycles. The molecule has 0 spiro atoms. The van der Waals surface area contributed by atoms with Gasteiger partial charge >= 0.3 is 0 Å². The monoisotopic (exact) mass is 243 g/mol. The molecule has 1 atom stereocenters. The molecule has 1 aliphatic rings. The zero-order valence-corrected chi connectivity index (χ0v) is 9.44. The topological polar surface area (TPSA) is 54.0 Å². The summed E-state index contributed by atoms with van der Waals surface area (Å²) in [5, 5.41) is 6.37. The third-order valence-electron chi connectivity index (χ3n) is 2.01. The van der Waals surface area contributed by atoms with Crippen LogP contribution in [0.15, 0.2) is 18.3 Å². The highest BCUT2D eigenvalue weighted by Gasteiger charge is 2.22. The van der Waals surface area contributed by atoms with E-state index < -0.39 is 0 Å². The maximum absolute atomic E-state index is 11.6. The van der Waals surface area contributed by atoms with Crippen molar-refractivity contribution in [3.63, 3.8) is 0 Å². The van der Waals surface area contributed by atoms with Crippen molar-refractivity contribution in [3.05, 3.63) is 23.4 Å². The molecular weight excluding hydrogens is 234 g/mol. The molecule has 2 rings (SSSR count). The van der Waals surface area contributed by atoms with E-state index in [-0.39, 0.29) is 11.9 Å². The SMILES string of the molecule is O=C(Nc1ccc(Cl)cn1)C1CSCN1. The highest BCUT2D eigenvalue weighted by atomic mass is 35.5. The van der Waals surface area contributed by atoms with E-state index in [1.165, 1.54) is 6.20 Å². The summed E-state index contributed by atoms with van der Waals surface area (Å²) in [5.41, 5.74) is 0. The van der Waals surface area contributed by atoms with Gasteiger partial charge in [0.25, 0.3) is 0 Å². The predicted molar refractivity (Wildman–Crippen MR) is 62.1 cm³/mol. The van der Waals surface area contributed by atoms with E-state index in [2.05, 4.69) is 15.6 Å². The number of amides is 1. The number of rotatable bonds is 2. The van der Waals surface area contributed by atoms with Crippen LogP contribution in [0.2, 0.25) is 5.02 Å². The van der Waals surface area contributed by atoms with Gasteiger partial charge in [-0.3, -0.25) is 10.1 Å². The van der Waals surface area contributed by atoms with Crippen LogP contribution < -0.4 is 10.6 Å². The molecule has 1 saturated heterocycles. The van der Waals surface area contributed by atoms with Crippen LogP contribution >= 0.6 is 23.4 Å². The largest absolute Gasteiger partial charge is 0.309 e. The average Bonchev–Trinajstić information content (AvgIpc) is 2.74. The van der Waals surface area contributed by atoms with Crippen molar-refractivity contribution in [2.24, 2.45) is 0 Å². The van der Waals surface area contributed by atoms with Crippen LogP contribution in [0.1, 0.15) is 0 Å². The lowest BCUT2D eigenvalue weighted by molar-refractivity contribution is -0.117. The Kier molecular flexibility index (Phi) is 3.45.